The first kappa shape index (κ1) is 16.9. The van der Waals surface area contributed by atoms with Crippen molar-refractivity contribution in [2.45, 2.75) is 19.5 Å². The van der Waals surface area contributed by atoms with Crippen LogP contribution >= 0.6 is 0 Å². The Bertz CT molecular complexity index is 800. The van der Waals surface area contributed by atoms with Crippen LogP contribution in [0.15, 0.2) is 60.9 Å². The first-order valence-corrected chi connectivity index (χ1v) is 9.31. The number of aromatic amines is 1. The van der Waals surface area contributed by atoms with Crippen LogP contribution in [0.5, 0.6) is 0 Å². The van der Waals surface area contributed by atoms with Gasteiger partial charge in [0.15, 0.2) is 0 Å². The van der Waals surface area contributed by atoms with E-state index in [9.17, 15) is 0 Å². The lowest BCUT2D eigenvalue weighted by Gasteiger charge is -2.21. The van der Waals surface area contributed by atoms with E-state index in [1.165, 1.54) is 17.5 Å². The second-order valence-corrected chi connectivity index (χ2v) is 6.86. The van der Waals surface area contributed by atoms with Gasteiger partial charge in [-0.05, 0) is 37.2 Å². The lowest BCUT2D eigenvalue weighted by Crippen LogP contribution is -2.30. The van der Waals surface area contributed by atoms with Crippen molar-refractivity contribution >= 4 is 0 Å². The molecule has 1 aliphatic heterocycles. The van der Waals surface area contributed by atoms with Gasteiger partial charge >= 0.3 is 0 Å². The van der Waals surface area contributed by atoms with Crippen LogP contribution < -0.4 is 0 Å². The van der Waals surface area contributed by atoms with E-state index < -0.39 is 0 Å². The zero-order chi connectivity index (χ0) is 17.6. The van der Waals surface area contributed by atoms with Crippen LogP contribution in [0.25, 0.3) is 11.3 Å². The summed E-state index contributed by atoms with van der Waals surface area (Å²) in [4.78, 5) is 9.51. The number of rotatable bonds is 5. The van der Waals surface area contributed by atoms with Gasteiger partial charge < -0.3 is 0 Å². The molecule has 26 heavy (non-hydrogen) atoms. The minimum Gasteiger partial charge on any atom is -0.298 e. The zero-order valence-corrected chi connectivity index (χ0v) is 15.0. The molecule has 1 aliphatic rings. The maximum Gasteiger partial charge on any atom is 0.0695 e. The molecule has 3 aromatic rings. The summed E-state index contributed by atoms with van der Waals surface area (Å²) in [5.74, 6) is 0. The molecule has 0 aliphatic carbocycles. The molecule has 4 rings (SSSR count). The summed E-state index contributed by atoms with van der Waals surface area (Å²) >= 11 is 0. The highest BCUT2D eigenvalue weighted by atomic mass is 15.2. The fourth-order valence-corrected chi connectivity index (χ4v) is 3.59. The number of pyridine rings is 1. The van der Waals surface area contributed by atoms with Crippen molar-refractivity contribution in [3.8, 4) is 11.3 Å². The van der Waals surface area contributed by atoms with Crippen LogP contribution in [0.4, 0.5) is 0 Å². The van der Waals surface area contributed by atoms with Gasteiger partial charge in [0.2, 0.25) is 0 Å². The average molecular weight is 347 g/mol. The van der Waals surface area contributed by atoms with Crippen molar-refractivity contribution in [2.24, 2.45) is 0 Å². The van der Waals surface area contributed by atoms with E-state index >= 15 is 0 Å². The molecular weight excluding hydrogens is 322 g/mol. The van der Waals surface area contributed by atoms with Gasteiger partial charge in [0.1, 0.15) is 0 Å². The minimum atomic E-state index is 0.940. The number of hydrogen-bond acceptors (Lipinski definition) is 4. The van der Waals surface area contributed by atoms with Crippen molar-refractivity contribution in [1.82, 2.24) is 25.0 Å². The van der Waals surface area contributed by atoms with Crippen LogP contribution in [0.1, 0.15) is 17.7 Å². The predicted octanol–water partition coefficient (Wildman–Crippen LogP) is 3.18. The Morgan fingerprint density at radius 3 is 2.38 bits per heavy atom. The normalized spacial score (nSPS) is 16.5. The molecule has 0 unspecified atom stereocenters. The molecule has 3 heterocycles. The Morgan fingerprint density at radius 1 is 0.846 bits per heavy atom. The monoisotopic (exact) mass is 347 g/mol. The summed E-state index contributed by atoms with van der Waals surface area (Å²) in [5.41, 5.74) is 4.77. The van der Waals surface area contributed by atoms with Crippen LogP contribution in [-0.4, -0.2) is 51.2 Å². The van der Waals surface area contributed by atoms with Crippen molar-refractivity contribution in [2.75, 3.05) is 26.2 Å². The molecule has 0 atom stereocenters. The third-order valence-corrected chi connectivity index (χ3v) is 4.97. The smallest absolute Gasteiger partial charge is 0.0695 e. The summed E-state index contributed by atoms with van der Waals surface area (Å²) in [6, 6.07) is 16.6. The summed E-state index contributed by atoms with van der Waals surface area (Å²) in [7, 11) is 0. The topological polar surface area (TPSA) is 48.1 Å². The quantitative estimate of drug-likeness (QED) is 0.770. The fraction of sp³-hybridized carbons (Fsp3) is 0.333. The molecule has 0 spiro atoms. The van der Waals surface area contributed by atoms with E-state index in [0.29, 0.717) is 0 Å². The van der Waals surface area contributed by atoms with Crippen LogP contribution in [0.3, 0.4) is 0 Å². The maximum atomic E-state index is 4.46. The first-order chi connectivity index (χ1) is 12.9. The highest BCUT2D eigenvalue weighted by Crippen LogP contribution is 2.22. The molecular formula is C21H25N5. The molecule has 1 saturated heterocycles. The van der Waals surface area contributed by atoms with Crippen LogP contribution in [0.2, 0.25) is 0 Å². The Hall–Kier alpha value is -2.50. The van der Waals surface area contributed by atoms with Crippen molar-refractivity contribution in [3.63, 3.8) is 0 Å². The third kappa shape index (κ3) is 4.18. The molecule has 2 aromatic heterocycles. The van der Waals surface area contributed by atoms with Crippen LogP contribution in [-0.2, 0) is 13.1 Å². The number of H-pyrrole nitrogens is 1. The Balaban J connectivity index is 1.38. The van der Waals surface area contributed by atoms with Gasteiger partial charge in [-0.15, -0.1) is 0 Å². The van der Waals surface area contributed by atoms with E-state index in [1.54, 1.807) is 0 Å². The largest absolute Gasteiger partial charge is 0.298 e. The number of nitrogens with zero attached hydrogens (tertiary/aromatic N) is 4. The van der Waals surface area contributed by atoms with Gasteiger partial charge in [0.25, 0.3) is 0 Å². The lowest BCUT2D eigenvalue weighted by atomic mass is 10.1. The summed E-state index contributed by atoms with van der Waals surface area (Å²) in [6.45, 7) is 6.29. The summed E-state index contributed by atoms with van der Waals surface area (Å²) in [6.07, 6.45) is 5.04. The van der Waals surface area contributed by atoms with E-state index in [0.717, 1.165) is 50.7 Å². The minimum absolute atomic E-state index is 0.940. The molecule has 0 bridgehead atoms. The van der Waals surface area contributed by atoms with Gasteiger partial charge in [-0.2, -0.15) is 5.10 Å². The zero-order valence-electron chi connectivity index (χ0n) is 15.0. The van der Waals surface area contributed by atoms with E-state index in [-0.39, 0.29) is 0 Å². The van der Waals surface area contributed by atoms with Gasteiger partial charge in [-0.3, -0.25) is 19.9 Å². The summed E-state index contributed by atoms with van der Waals surface area (Å²) in [5, 5.41) is 7.46. The van der Waals surface area contributed by atoms with Crippen molar-refractivity contribution < 1.29 is 0 Å². The first-order valence-electron chi connectivity index (χ1n) is 9.31. The number of hydrogen-bond donors (Lipinski definition) is 1. The third-order valence-electron chi connectivity index (χ3n) is 4.97. The van der Waals surface area contributed by atoms with E-state index in [1.807, 2.05) is 24.5 Å². The van der Waals surface area contributed by atoms with Crippen molar-refractivity contribution in [3.05, 3.63) is 72.2 Å². The molecule has 0 radical (unpaired) electrons. The maximum absolute atomic E-state index is 4.46. The average Bonchev–Trinajstić information content (AvgIpc) is 3.04. The van der Waals surface area contributed by atoms with E-state index in [2.05, 4.69) is 61.4 Å². The number of nitrogens with one attached hydrogen (secondary N) is 1. The standard InChI is InChI=1S/C21H25N5/c1-2-7-18(8-3-1)21-19(15-23-24-21)16-25-11-6-12-26(14-13-25)17-20-9-4-5-10-22-20/h1-5,7-10,15H,6,11-14,16-17H2,(H,23,24). The summed E-state index contributed by atoms with van der Waals surface area (Å²) < 4.78 is 0. The fourth-order valence-electron chi connectivity index (χ4n) is 3.59. The highest BCUT2D eigenvalue weighted by molar-refractivity contribution is 5.62. The van der Waals surface area contributed by atoms with Gasteiger partial charge in [-0.25, -0.2) is 0 Å². The Morgan fingerprint density at radius 2 is 1.62 bits per heavy atom. The molecule has 1 aromatic carbocycles. The van der Waals surface area contributed by atoms with Gasteiger partial charge in [-0.1, -0.05) is 36.4 Å². The molecule has 5 nitrogen and oxygen atoms in total. The SMILES string of the molecule is c1ccc(-c2[nH]ncc2CN2CCCN(Cc3ccccn3)CC2)cc1. The molecule has 1 N–H and O–H groups in total. The van der Waals surface area contributed by atoms with Gasteiger partial charge in [0, 0.05) is 37.9 Å². The van der Waals surface area contributed by atoms with Gasteiger partial charge in [0.05, 0.1) is 17.6 Å². The molecule has 5 heteroatoms. The second kappa shape index (κ2) is 8.25. The lowest BCUT2D eigenvalue weighted by molar-refractivity contribution is 0.246. The number of aromatic nitrogens is 3. The Labute approximate surface area is 154 Å². The molecule has 134 valence electrons. The number of benzene rings is 1. The molecule has 0 amide bonds. The van der Waals surface area contributed by atoms with Crippen LogP contribution in [0, 0.1) is 0 Å². The second-order valence-electron chi connectivity index (χ2n) is 6.86. The van der Waals surface area contributed by atoms with Crippen molar-refractivity contribution in [1.29, 1.82) is 0 Å². The Kier molecular flexibility index (Phi) is 5.38. The van der Waals surface area contributed by atoms with E-state index in [4.69, 9.17) is 0 Å². The molecule has 1 fully saturated rings. The molecule has 0 saturated carbocycles. The predicted molar refractivity (Wildman–Crippen MR) is 103 cm³/mol. The highest BCUT2D eigenvalue weighted by Gasteiger charge is 2.17.